The van der Waals surface area contributed by atoms with Crippen molar-refractivity contribution in [3.05, 3.63) is 35.4 Å². The van der Waals surface area contributed by atoms with Crippen LogP contribution in [-0.2, 0) is 0 Å². The third-order valence-corrected chi connectivity index (χ3v) is 4.63. The summed E-state index contributed by atoms with van der Waals surface area (Å²) in [6.07, 6.45) is 3.32. The van der Waals surface area contributed by atoms with Gasteiger partial charge in [0.25, 0.3) is 0 Å². The Morgan fingerprint density at radius 2 is 1.95 bits per heavy atom. The van der Waals surface area contributed by atoms with E-state index in [0.29, 0.717) is 5.41 Å². The zero-order valence-corrected chi connectivity index (χ0v) is 12.1. The molecule has 1 saturated heterocycles. The molecule has 0 atom stereocenters. The van der Waals surface area contributed by atoms with Crippen molar-refractivity contribution in [2.24, 2.45) is 5.41 Å². The zero-order chi connectivity index (χ0) is 14.8. The Hall–Kier alpha value is -1.29. The highest BCUT2D eigenvalue weighted by Crippen LogP contribution is 2.36. The van der Waals surface area contributed by atoms with E-state index in [4.69, 9.17) is 0 Å². The molecule has 1 heterocycles. The van der Waals surface area contributed by atoms with Crippen molar-refractivity contribution in [2.45, 2.75) is 33.1 Å². The molecule has 1 aliphatic rings. The molecule has 0 bridgehead atoms. The number of likely N-dealkylation sites (tertiary alicyclic amines) is 1. The molecule has 4 heteroatoms. The zero-order valence-electron chi connectivity index (χ0n) is 12.1. The molecule has 0 spiro atoms. The van der Waals surface area contributed by atoms with E-state index < -0.39 is 11.6 Å². The second-order valence-electron chi connectivity index (χ2n) is 5.72. The first-order valence-corrected chi connectivity index (χ1v) is 7.20. The number of halogens is 2. The van der Waals surface area contributed by atoms with Crippen LogP contribution < -0.4 is 0 Å². The number of carbonyl (C=O) groups excluding carboxylic acids is 1. The fourth-order valence-corrected chi connectivity index (χ4v) is 2.95. The fraction of sp³-hybridized carbons (Fsp3) is 0.562. The Balaban J connectivity index is 2.00. The topological polar surface area (TPSA) is 20.3 Å². The molecular weight excluding hydrogens is 260 g/mol. The normalized spacial score (nSPS) is 18.4. The van der Waals surface area contributed by atoms with Gasteiger partial charge in [-0.15, -0.1) is 0 Å². The van der Waals surface area contributed by atoms with E-state index in [1.54, 1.807) is 0 Å². The summed E-state index contributed by atoms with van der Waals surface area (Å²) in [6, 6.07) is 3.35. The maximum atomic E-state index is 13.1. The molecule has 2 nitrogen and oxygen atoms in total. The minimum absolute atomic E-state index is 0.146. The van der Waals surface area contributed by atoms with Gasteiger partial charge in [0.05, 0.1) is 6.54 Å². The van der Waals surface area contributed by atoms with Gasteiger partial charge in [0.1, 0.15) is 0 Å². The van der Waals surface area contributed by atoms with Gasteiger partial charge in [-0.1, -0.05) is 13.8 Å². The molecule has 0 aliphatic carbocycles. The Bertz CT molecular complexity index is 497. The van der Waals surface area contributed by atoms with Crippen molar-refractivity contribution < 1.29 is 13.6 Å². The maximum absolute atomic E-state index is 13.1. The van der Waals surface area contributed by atoms with Crippen molar-refractivity contribution in [3.63, 3.8) is 0 Å². The average molecular weight is 281 g/mol. The number of rotatable bonds is 5. The van der Waals surface area contributed by atoms with Crippen molar-refractivity contribution >= 4 is 5.78 Å². The standard InChI is InChI=1S/C16H21F2NO/c1-3-16(4-2)7-8-19(11-16)10-15(20)12-5-6-13(17)14(18)9-12/h5-6,9H,3-4,7-8,10-11H2,1-2H3. The van der Waals surface area contributed by atoms with Gasteiger partial charge in [-0.3, -0.25) is 9.69 Å². The summed E-state index contributed by atoms with van der Waals surface area (Å²) in [4.78, 5) is 14.2. The second-order valence-corrected chi connectivity index (χ2v) is 5.72. The van der Waals surface area contributed by atoms with E-state index in [2.05, 4.69) is 18.7 Å². The Kier molecular flexibility index (Phi) is 4.53. The summed E-state index contributed by atoms with van der Waals surface area (Å²) in [6.45, 7) is 6.47. The average Bonchev–Trinajstić information content (AvgIpc) is 2.86. The number of ketones is 1. The van der Waals surface area contributed by atoms with Crippen LogP contribution in [0.25, 0.3) is 0 Å². The quantitative estimate of drug-likeness (QED) is 0.768. The highest BCUT2D eigenvalue weighted by Gasteiger charge is 2.35. The summed E-state index contributed by atoms with van der Waals surface area (Å²) in [5.74, 6) is -2.03. The Morgan fingerprint density at radius 1 is 1.25 bits per heavy atom. The fourth-order valence-electron chi connectivity index (χ4n) is 2.95. The van der Waals surface area contributed by atoms with Crippen molar-refractivity contribution in [3.8, 4) is 0 Å². The van der Waals surface area contributed by atoms with Gasteiger partial charge in [-0.2, -0.15) is 0 Å². The molecule has 20 heavy (non-hydrogen) atoms. The minimum atomic E-state index is -0.964. The van der Waals surface area contributed by atoms with E-state index in [1.807, 2.05) is 0 Å². The highest BCUT2D eigenvalue weighted by atomic mass is 19.2. The predicted octanol–water partition coefficient (Wildman–Crippen LogP) is 3.66. The number of hydrogen-bond acceptors (Lipinski definition) is 2. The van der Waals surface area contributed by atoms with Crippen LogP contribution in [0.5, 0.6) is 0 Å². The molecule has 1 aromatic rings. The van der Waals surface area contributed by atoms with Crippen LogP contribution >= 0.6 is 0 Å². The molecule has 2 rings (SSSR count). The SMILES string of the molecule is CCC1(CC)CCN(CC(=O)c2ccc(F)c(F)c2)C1. The third kappa shape index (κ3) is 3.06. The molecular formula is C16H21F2NO. The van der Waals surface area contributed by atoms with E-state index in [-0.39, 0.29) is 17.9 Å². The van der Waals surface area contributed by atoms with Crippen LogP contribution in [0, 0.1) is 17.0 Å². The number of hydrogen-bond donors (Lipinski definition) is 0. The molecule has 0 unspecified atom stereocenters. The minimum Gasteiger partial charge on any atom is -0.295 e. The Morgan fingerprint density at radius 3 is 2.50 bits per heavy atom. The number of benzene rings is 1. The lowest BCUT2D eigenvalue weighted by Gasteiger charge is -2.26. The smallest absolute Gasteiger partial charge is 0.176 e. The van der Waals surface area contributed by atoms with Crippen LogP contribution in [0.4, 0.5) is 8.78 Å². The van der Waals surface area contributed by atoms with E-state index >= 15 is 0 Å². The summed E-state index contributed by atoms with van der Waals surface area (Å²) in [5.41, 5.74) is 0.559. The second kappa shape index (κ2) is 6.00. The highest BCUT2D eigenvalue weighted by molar-refractivity contribution is 5.97. The molecule has 1 fully saturated rings. The summed E-state index contributed by atoms with van der Waals surface area (Å²) in [7, 11) is 0. The van der Waals surface area contributed by atoms with Crippen LogP contribution in [0.15, 0.2) is 18.2 Å². The summed E-state index contributed by atoms with van der Waals surface area (Å²) < 4.78 is 26.0. The van der Waals surface area contributed by atoms with Gasteiger partial charge in [0.2, 0.25) is 0 Å². The summed E-state index contributed by atoms with van der Waals surface area (Å²) in [5, 5.41) is 0. The van der Waals surface area contributed by atoms with Crippen LogP contribution in [0.3, 0.4) is 0 Å². The summed E-state index contributed by atoms with van der Waals surface area (Å²) >= 11 is 0. The van der Waals surface area contributed by atoms with Crippen LogP contribution in [0.1, 0.15) is 43.5 Å². The monoisotopic (exact) mass is 281 g/mol. The Labute approximate surface area is 118 Å². The molecule has 1 aromatic carbocycles. The first-order valence-electron chi connectivity index (χ1n) is 7.20. The number of nitrogens with zero attached hydrogens (tertiary/aromatic N) is 1. The molecule has 0 radical (unpaired) electrons. The maximum Gasteiger partial charge on any atom is 0.176 e. The largest absolute Gasteiger partial charge is 0.295 e. The molecule has 0 N–H and O–H groups in total. The van der Waals surface area contributed by atoms with Crippen LogP contribution in [-0.4, -0.2) is 30.3 Å². The number of carbonyl (C=O) groups is 1. The first kappa shape index (κ1) is 15.1. The molecule has 1 aliphatic heterocycles. The van der Waals surface area contributed by atoms with Gasteiger partial charge >= 0.3 is 0 Å². The van der Waals surface area contributed by atoms with Crippen LogP contribution in [0.2, 0.25) is 0 Å². The lowest BCUT2D eigenvalue weighted by molar-refractivity contribution is 0.0936. The van der Waals surface area contributed by atoms with Crippen molar-refractivity contribution in [2.75, 3.05) is 19.6 Å². The van der Waals surface area contributed by atoms with E-state index in [9.17, 15) is 13.6 Å². The van der Waals surface area contributed by atoms with Gasteiger partial charge < -0.3 is 0 Å². The lowest BCUT2D eigenvalue weighted by Crippen LogP contribution is -2.31. The van der Waals surface area contributed by atoms with Gasteiger partial charge in [-0.05, 0) is 49.4 Å². The van der Waals surface area contributed by atoms with Gasteiger partial charge in [-0.25, -0.2) is 8.78 Å². The molecule has 0 saturated carbocycles. The molecule has 0 amide bonds. The lowest BCUT2D eigenvalue weighted by atomic mass is 9.82. The van der Waals surface area contributed by atoms with Gasteiger partial charge in [0, 0.05) is 12.1 Å². The van der Waals surface area contributed by atoms with E-state index in [0.717, 1.165) is 44.5 Å². The molecule has 0 aromatic heterocycles. The van der Waals surface area contributed by atoms with Gasteiger partial charge in [0.15, 0.2) is 17.4 Å². The third-order valence-electron chi connectivity index (χ3n) is 4.63. The van der Waals surface area contributed by atoms with Crippen molar-refractivity contribution in [1.82, 2.24) is 4.90 Å². The molecule has 110 valence electrons. The predicted molar refractivity (Wildman–Crippen MR) is 74.8 cm³/mol. The van der Waals surface area contributed by atoms with E-state index in [1.165, 1.54) is 6.07 Å². The van der Waals surface area contributed by atoms with Crippen molar-refractivity contribution in [1.29, 1.82) is 0 Å². The number of Topliss-reactive ketones (excluding diaryl/α,β-unsaturated/α-hetero) is 1. The first-order chi connectivity index (χ1) is 9.49.